The van der Waals surface area contributed by atoms with E-state index in [9.17, 15) is 18.3 Å². The van der Waals surface area contributed by atoms with Gasteiger partial charge in [0.15, 0.2) is 0 Å². The average Bonchev–Trinajstić information content (AvgIpc) is 2.81. The molecular formula is C25H38N2O5S. The summed E-state index contributed by atoms with van der Waals surface area (Å²) in [6.45, 7) is 5.85. The number of amides is 1. The van der Waals surface area contributed by atoms with Gasteiger partial charge in [-0.1, -0.05) is 44.4 Å². The number of benzene rings is 1. The van der Waals surface area contributed by atoms with Gasteiger partial charge in [0.1, 0.15) is 16.7 Å². The lowest BCUT2D eigenvalue weighted by Crippen LogP contribution is -2.50. The molecule has 0 bridgehead atoms. The minimum Gasteiger partial charge on any atom is -0.487 e. The van der Waals surface area contributed by atoms with Gasteiger partial charge in [0.25, 0.3) is 0 Å². The lowest BCUT2D eigenvalue weighted by Gasteiger charge is -2.38. The highest BCUT2D eigenvalue weighted by molar-refractivity contribution is 7.89. The second-order valence-corrected chi connectivity index (χ2v) is 11.4. The third-order valence-corrected chi connectivity index (χ3v) is 8.85. The number of aliphatic hydroxyl groups is 1. The SMILES string of the molecule is C/C=C/c1ccc2c(c1)O[C@H](CN(C)C(=O)C1CCCCC1)[C@@H](C)CN([C@H](C)CO)S2(=O)=O. The van der Waals surface area contributed by atoms with Gasteiger partial charge in [0.2, 0.25) is 15.9 Å². The Kier molecular flexibility index (Phi) is 8.59. The minimum absolute atomic E-state index is 0.0625. The van der Waals surface area contributed by atoms with Crippen molar-refractivity contribution in [3.8, 4) is 5.75 Å². The van der Waals surface area contributed by atoms with E-state index in [-0.39, 0.29) is 47.6 Å². The first-order valence-corrected chi connectivity index (χ1v) is 13.4. The zero-order valence-electron chi connectivity index (χ0n) is 20.2. The van der Waals surface area contributed by atoms with Crippen LogP contribution in [0.2, 0.25) is 0 Å². The van der Waals surface area contributed by atoms with Gasteiger partial charge in [-0.15, -0.1) is 0 Å². The number of hydrogen-bond donors (Lipinski definition) is 1. The molecule has 7 nitrogen and oxygen atoms in total. The van der Waals surface area contributed by atoms with Crippen LogP contribution in [-0.2, 0) is 14.8 Å². The first-order chi connectivity index (χ1) is 15.7. The summed E-state index contributed by atoms with van der Waals surface area (Å²) in [5.41, 5.74) is 0.840. The Morgan fingerprint density at radius 1 is 1.30 bits per heavy atom. The quantitative estimate of drug-likeness (QED) is 0.676. The molecule has 184 valence electrons. The molecule has 1 N–H and O–H groups in total. The van der Waals surface area contributed by atoms with E-state index in [1.165, 1.54) is 10.7 Å². The summed E-state index contributed by atoms with van der Waals surface area (Å²) in [6.07, 6.45) is 8.62. The third-order valence-electron chi connectivity index (χ3n) is 6.83. The van der Waals surface area contributed by atoms with Crippen LogP contribution in [-0.4, -0.2) is 67.5 Å². The molecule has 1 saturated carbocycles. The van der Waals surface area contributed by atoms with Crippen molar-refractivity contribution >= 4 is 22.0 Å². The van der Waals surface area contributed by atoms with Crippen molar-refractivity contribution in [1.29, 1.82) is 0 Å². The fraction of sp³-hybridized carbons (Fsp3) is 0.640. The zero-order chi connectivity index (χ0) is 24.2. The predicted octanol–water partition coefficient (Wildman–Crippen LogP) is 3.53. The molecule has 33 heavy (non-hydrogen) atoms. The molecule has 0 aromatic heterocycles. The molecule has 0 saturated heterocycles. The summed E-state index contributed by atoms with van der Waals surface area (Å²) in [5.74, 6) is 0.306. The Morgan fingerprint density at radius 3 is 2.64 bits per heavy atom. The molecule has 0 radical (unpaired) electrons. The molecule has 1 aliphatic carbocycles. The van der Waals surface area contributed by atoms with E-state index in [4.69, 9.17) is 4.74 Å². The molecule has 2 aliphatic rings. The first kappa shape index (κ1) is 25.7. The molecule has 3 rings (SSSR count). The van der Waals surface area contributed by atoms with Gasteiger partial charge in [0, 0.05) is 31.5 Å². The normalized spacial score (nSPS) is 25.0. The predicted molar refractivity (Wildman–Crippen MR) is 129 cm³/mol. The van der Waals surface area contributed by atoms with Crippen molar-refractivity contribution in [1.82, 2.24) is 9.21 Å². The summed E-state index contributed by atoms with van der Waals surface area (Å²) in [7, 11) is -2.05. The van der Waals surface area contributed by atoms with E-state index >= 15 is 0 Å². The lowest BCUT2D eigenvalue weighted by molar-refractivity contribution is -0.136. The molecule has 0 unspecified atom stereocenters. The summed E-state index contributed by atoms with van der Waals surface area (Å²) < 4.78 is 34.7. The third kappa shape index (κ3) is 5.78. The molecule has 0 spiro atoms. The Labute approximate surface area is 198 Å². The molecule has 1 aromatic carbocycles. The molecule has 1 aromatic rings. The van der Waals surface area contributed by atoms with Gasteiger partial charge in [-0.05, 0) is 44.4 Å². The van der Waals surface area contributed by atoms with Gasteiger partial charge in [-0.3, -0.25) is 4.79 Å². The van der Waals surface area contributed by atoms with E-state index < -0.39 is 16.1 Å². The molecule has 3 atom stereocenters. The molecule has 1 amide bonds. The molecule has 1 fully saturated rings. The highest BCUT2D eigenvalue weighted by atomic mass is 32.2. The maximum atomic E-state index is 13.5. The van der Waals surface area contributed by atoms with Crippen molar-refractivity contribution in [3.63, 3.8) is 0 Å². The Balaban J connectivity index is 1.95. The van der Waals surface area contributed by atoms with Crippen LogP contribution in [0.5, 0.6) is 5.75 Å². The van der Waals surface area contributed by atoms with Crippen molar-refractivity contribution in [2.75, 3.05) is 26.7 Å². The first-order valence-electron chi connectivity index (χ1n) is 12.0. The van der Waals surface area contributed by atoms with Crippen LogP contribution in [0.25, 0.3) is 6.08 Å². The van der Waals surface area contributed by atoms with Gasteiger partial charge < -0.3 is 14.7 Å². The van der Waals surface area contributed by atoms with Gasteiger partial charge in [0.05, 0.1) is 13.2 Å². The van der Waals surface area contributed by atoms with E-state index in [1.807, 2.05) is 33.0 Å². The average molecular weight is 479 g/mol. The van der Waals surface area contributed by atoms with E-state index in [1.54, 1.807) is 30.0 Å². The largest absolute Gasteiger partial charge is 0.487 e. The molecule has 1 aliphatic heterocycles. The van der Waals surface area contributed by atoms with Crippen molar-refractivity contribution < 1.29 is 23.1 Å². The number of ether oxygens (including phenoxy) is 1. The van der Waals surface area contributed by atoms with Crippen LogP contribution in [0, 0.1) is 11.8 Å². The number of carbonyl (C=O) groups excluding carboxylic acids is 1. The molecular weight excluding hydrogens is 440 g/mol. The lowest BCUT2D eigenvalue weighted by atomic mass is 9.88. The number of allylic oxidation sites excluding steroid dienone is 1. The van der Waals surface area contributed by atoms with Crippen LogP contribution in [0.3, 0.4) is 0 Å². The zero-order valence-corrected chi connectivity index (χ0v) is 21.1. The topological polar surface area (TPSA) is 87.2 Å². The number of hydrogen-bond acceptors (Lipinski definition) is 5. The Bertz CT molecular complexity index is 956. The van der Waals surface area contributed by atoms with Crippen LogP contribution in [0.1, 0.15) is 58.4 Å². The van der Waals surface area contributed by atoms with Gasteiger partial charge >= 0.3 is 0 Å². The molecule has 1 heterocycles. The second kappa shape index (κ2) is 11.0. The van der Waals surface area contributed by atoms with Crippen molar-refractivity contribution in [2.24, 2.45) is 11.8 Å². The summed E-state index contributed by atoms with van der Waals surface area (Å²) in [5, 5.41) is 9.76. The number of aliphatic hydroxyl groups excluding tert-OH is 1. The van der Waals surface area contributed by atoms with E-state index in [0.717, 1.165) is 31.2 Å². The summed E-state index contributed by atoms with van der Waals surface area (Å²) in [6, 6.07) is 4.49. The van der Waals surface area contributed by atoms with Crippen LogP contribution in [0.15, 0.2) is 29.2 Å². The maximum absolute atomic E-state index is 13.5. The highest BCUT2D eigenvalue weighted by Crippen LogP contribution is 2.35. The fourth-order valence-electron chi connectivity index (χ4n) is 4.78. The Hall–Kier alpha value is -1.90. The number of nitrogens with zero attached hydrogens (tertiary/aromatic N) is 2. The van der Waals surface area contributed by atoms with E-state index in [2.05, 4.69) is 0 Å². The standard InChI is InChI=1S/C25H38N2O5S/c1-5-9-20-12-13-24-22(14-20)32-23(16-26(4)25(29)21-10-7-6-8-11-21)18(2)15-27(19(3)17-28)33(24,30)31/h5,9,12-14,18-19,21,23,28H,6-8,10-11,15-17H2,1-4H3/b9-5+/t18-,19+,23+/m0/s1. The monoisotopic (exact) mass is 478 g/mol. The number of fused-ring (bicyclic) bond motifs is 1. The Morgan fingerprint density at radius 2 is 2.00 bits per heavy atom. The van der Waals surface area contributed by atoms with Crippen LogP contribution < -0.4 is 4.74 Å². The summed E-state index contributed by atoms with van der Waals surface area (Å²) >= 11 is 0. The maximum Gasteiger partial charge on any atom is 0.247 e. The van der Waals surface area contributed by atoms with Crippen molar-refractivity contribution in [3.05, 3.63) is 29.8 Å². The number of carbonyl (C=O) groups is 1. The number of rotatable bonds is 6. The van der Waals surface area contributed by atoms with Gasteiger partial charge in [-0.25, -0.2) is 8.42 Å². The van der Waals surface area contributed by atoms with Crippen LogP contribution >= 0.6 is 0 Å². The van der Waals surface area contributed by atoms with Gasteiger partial charge in [-0.2, -0.15) is 4.31 Å². The second-order valence-electron chi connectivity index (χ2n) is 9.50. The number of sulfonamides is 1. The van der Waals surface area contributed by atoms with Crippen molar-refractivity contribution in [2.45, 2.75) is 69.9 Å². The smallest absolute Gasteiger partial charge is 0.247 e. The fourth-order valence-corrected chi connectivity index (χ4v) is 6.60. The van der Waals surface area contributed by atoms with Crippen LogP contribution in [0.4, 0.5) is 0 Å². The highest BCUT2D eigenvalue weighted by Gasteiger charge is 2.38. The molecule has 8 heteroatoms. The number of likely N-dealkylation sites (N-methyl/N-ethyl adjacent to an activating group) is 1. The summed E-state index contributed by atoms with van der Waals surface area (Å²) in [4.78, 5) is 14.9. The minimum atomic E-state index is -3.86. The van der Waals surface area contributed by atoms with E-state index in [0.29, 0.717) is 6.54 Å².